The van der Waals surface area contributed by atoms with Gasteiger partial charge in [-0.1, -0.05) is 0 Å². The van der Waals surface area contributed by atoms with E-state index in [1.807, 2.05) is 25.6 Å². The van der Waals surface area contributed by atoms with Crippen molar-refractivity contribution >= 4 is 21.8 Å². The summed E-state index contributed by atoms with van der Waals surface area (Å²) in [5, 5.41) is 7.26. The van der Waals surface area contributed by atoms with E-state index >= 15 is 0 Å². The van der Waals surface area contributed by atoms with Crippen LogP contribution in [0.4, 0.5) is 0 Å². The fraction of sp³-hybridized carbons (Fsp3) is 0.333. The first-order valence-corrected chi connectivity index (χ1v) is 7.34. The lowest BCUT2D eigenvalue weighted by Crippen LogP contribution is -2.23. The van der Waals surface area contributed by atoms with Gasteiger partial charge in [0.15, 0.2) is 0 Å². The number of ether oxygens (including phenoxy) is 1. The van der Waals surface area contributed by atoms with Crippen LogP contribution in [0.25, 0.3) is 0 Å². The third-order valence-corrected chi connectivity index (χ3v) is 4.12. The molecule has 1 N–H and O–H groups in total. The van der Waals surface area contributed by atoms with Gasteiger partial charge in [-0.3, -0.25) is 9.48 Å². The lowest BCUT2D eigenvalue weighted by atomic mass is 10.1. The topological polar surface area (TPSA) is 56.1 Å². The van der Waals surface area contributed by atoms with Crippen molar-refractivity contribution in [3.63, 3.8) is 0 Å². The zero-order chi connectivity index (χ0) is 15.6. The van der Waals surface area contributed by atoms with E-state index in [0.717, 1.165) is 21.4 Å². The van der Waals surface area contributed by atoms with Crippen LogP contribution in [0.5, 0.6) is 5.75 Å². The molecule has 0 unspecified atom stereocenters. The Hall–Kier alpha value is -1.82. The van der Waals surface area contributed by atoms with Gasteiger partial charge in [-0.25, -0.2) is 0 Å². The summed E-state index contributed by atoms with van der Waals surface area (Å²) in [5.41, 5.74) is 3.63. The summed E-state index contributed by atoms with van der Waals surface area (Å²) in [5.74, 6) is 0.575. The van der Waals surface area contributed by atoms with Crippen molar-refractivity contribution in [1.82, 2.24) is 15.1 Å². The molecule has 1 aromatic carbocycles. The fourth-order valence-electron chi connectivity index (χ4n) is 2.15. The van der Waals surface area contributed by atoms with E-state index in [2.05, 4.69) is 26.3 Å². The predicted molar refractivity (Wildman–Crippen MR) is 84.5 cm³/mol. The van der Waals surface area contributed by atoms with E-state index in [-0.39, 0.29) is 5.91 Å². The zero-order valence-corrected chi connectivity index (χ0v) is 14.1. The Bertz CT molecular complexity index is 680. The molecule has 112 valence electrons. The van der Waals surface area contributed by atoms with Crippen molar-refractivity contribution in [2.75, 3.05) is 7.11 Å². The molecule has 5 nitrogen and oxygen atoms in total. The number of carbonyl (C=O) groups is 1. The Kier molecular flexibility index (Phi) is 4.67. The number of nitrogens with one attached hydrogen (secondary N) is 1. The number of aromatic nitrogens is 2. The maximum Gasteiger partial charge on any atom is 0.251 e. The molecule has 2 rings (SSSR count). The Morgan fingerprint density at radius 1 is 1.43 bits per heavy atom. The third kappa shape index (κ3) is 3.26. The Balaban J connectivity index is 2.10. The molecule has 0 aliphatic carbocycles. The average molecular weight is 352 g/mol. The molecule has 0 radical (unpaired) electrons. The highest BCUT2D eigenvalue weighted by Gasteiger charge is 2.12. The predicted octanol–water partition coefficient (Wildman–Crippen LogP) is 2.74. The van der Waals surface area contributed by atoms with Gasteiger partial charge in [0.1, 0.15) is 5.75 Å². The molecule has 1 aromatic heterocycles. The molecule has 1 heterocycles. The first kappa shape index (κ1) is 15.6. The van der Waals surface area contributed by atoms with Crippen molar-refractivity contribution in [2.45, 2.75) is 20.4 Å². The summed E-state index contributed by atoms with van der Waals surface area (Å²) in [6, 6.07) is 5.25. The number of benzene rings is 1. The smallest absolute Gasteiger partial charge is 0.251 e. The Labute approximate surface area is 132 Å². The maximum absolute atomic E-state index is 12.2. The Morgan fingerprint density at radius 3 is 2.67 bits per heavy atom. The number of hydrogen-bond donors (Lipinski definition) is 1. The number of methoxy groups -OCH3 is 1. The highest BCUT2D eigenvalue weighted by atomic mass is 79.9. The number of rotatable bonds is 4. The third-order valence-electron chi connectivity index (χ3n) is 3.50. The van der Waals surface area contributed by atoms with Crippen LogP contribution in [0.15, 0.2) is 22.7 Å². The van der Waals surface area contributed by atoms with Gasteiger partial charge in [-0.05, 0) is 48.0 Å². The molecular formula is C15H18BrN3O2. The molecule has 21 heavy (non-hydrogen) atoms. The molecule has 2 aromatic rings. The number of halogens is 1. The van der Waals surface area contributed by atoms with Gasteiger partial charge in [0.05, 0.1) is 17.3 Å². The minimum absolute atomic E-state index is 0.124. The van der Waals surface area contributed by atoms with E-state index in [9.17, 15) is 4.79 Å². The second-order valence-corrected chi connectivity index (χ2v) is 5.66. The number of amides is 1. The molecule has 1 amide bonds. The average Bonchev–Trinajstić information content (AvgIpc) is 2.69. The number of aryl methyl sites for hydroxylation is 2. The standard InChI is InChI=1S/C15H18BrN3O2/c1-9-12(10(2)19(3)18-9)8-17-15(20)11-5-6-14(21-4)13(16)7-11/h5-7H,8H2,1-4H3,(H,17,20). The van der Waals surface area contributed by atoms with Crippen LogP contribution in [0.3, 0.4) is 0 Å². The van der Waals surface area contributed by atoms with E-state index in [4.69, 9.17) is 4.74 Å². The van der Waals surface area contributed by atoms with Gasteiger partial charge in [0.25, 0.3) is 5.91 Å². The van der Waals surface area contributed by atoms with E-state index in [1.54, 1.807) is 25.3 Å². The van der Waals surface area contributed by atoms with Gasteiger partial charge in [-0.2, -0.15) is 5.10 Å². The molecule has 0 atom stereocenters. The largest absolute Gasteiger partial charge is 0.496 e. The van der Waals surface area contributed by atoms with Crippen molar-refractivity contribution < 1.29 is 9.53 Å². The highest BCUT2D eigenvalue weighted by Crippen LogP contribution is 2.25. The van der Waals surface area contributed by atoms with Gasteiger partial charge in [-0.15, -0.1) is 0 Å². The van der Waals surface area contributed by atoms with Crippen LogP contribution in [-0.2, 0) is 13.6 Å². The molecule has 0 fully saturated rings. The summed E-state index contributed by atoms with van der Waals surface area (Å²) in [4.78, 5) is 12.2. The summed E-state index contributed by atoms with van der Waals surface area (Å²) in [6.07, 6.45) is 0. The fourth-order valence-corrected chi connectivity index (χ4v) is 2.69. The van der Waals surface area contributed by atoms with Crippen LogP contribution in [-0.4, -0.2) is 22.8 Å². The molecular weight excluding hydrogens is 334 g/mol. The summed E-state index contributed by atoms with van der Waals surface area (Å²) >= 11 is 3.38. The Morgan fingerprint density at radius 2 is 2.14 bits per heavy atom. The van der Waals surface area contributed by atoms with Gasteiger partial charge in [0, 0.05) is 30.4 Å². The minimum atomic E-state index is -0.124. The first-order valence-electron chi connectivity index (χ1n) is 6.55. The maximum atomic E-state index is 12.2. The second kappa shape index (κ2) is 6.30. The second-order valence-electron chi connectivity index (χ2n) is 4.80. The molecule has 0 bridgehead atoms. The van der Waals surface area contributed by atoms with Crippen LogP contribution in [0.1, 0.15) is 27.3 Å². The molecule has 0 aliphatic heterocycles. The quantitative estimate of drug-likeness (QED) is 0.921. The SMILES string of the molecule is COc1ccc(C(=O)NCc2c(C)nn(C)c2C)cc1Br. The number of hydrogen-bond acceptors (Lipinski definition) is 3. The van der Waals surface area contributed by atoms with E-state index in [0.29, 0.717) is 17.9 Å². The molecule has 0 saturated heterocycles. The molecule has 0 spiro atoms. The number of nitrogens with zero attached hydrogens (tertiary/aromatic N) is 2. The van der Waals surface area contributed by atoms with Gasteiger partial charge < -0.3 is 10.1 Å². The summed E-state index contributed by atoms with van der Waals surface area (Å²) in [6.45, 7) is 4.40. The summed E-state index contributed by atoms with van der Waals surface area (Å²) in [7, 11) is 3.49. The van der Waals surface area contributed by atoms with E-state index in [1.165, 1.54) is 0 Å². The molecule has 0 saturated carbocycles. The monoisotopic (exact) mass is 351 g/mol. The lowest BCUT2D eigenvalue weighted by Gasteiger charge is -2.08. The summed E-state index contributed by atoms with van der Waals surface area (Å²) < 4.78 is 7.73. The highest BCUT2D eigenvalue weighted by molar-refractivity contribution is 9.10. The molecule has 0 aliphatic rings. The minimum Gasteiger partial charge on any atom is -0.496 e. The molecule has 6 heteroatoms. The van der Waals surface area contributed by atoms with Crippen LogP contribution < -0.4 is 10.1 Å². The van der Waals surface area contributed by atoms with Crippen LogP contribution in [0, 0.1) is 13.8 Å². The lowest BCUT2D eigenvalue weighted by molar-refractivity contribution is 0.0950. The van der Waals surface area contributed by atoms with Crippen molar-refractivity contribution in [3.05, 3.63) is 45.2 Å². The number of carbonyl (C=O) groups excluding carboxylic acids is 1. The van der Waals surface area contributed by atoms with Crippen molar-refractivity contribution in [3.8, 4) is 5.75 Å². The van der Waals surface area contributed by atoms with Gasteiger partial charge >= 0.3 is 0 Å². The normalized spacial score (nSPS) is 10.5. The van der Waals surface area contributed by atoms with Crippen LogP contribution >= 0.6 is 15.9 Å². The van der Waals surface area contributed by atoms with Crippen molar-refractivity contribution in [2.24, 2.45) is 7.05 Å². The van der Waals surface area contributed by atoms with Crippen molar-refractivity contribution in [1.29, 1.82) is 0 Å². The first-order chi connectivity index (χ1) is 9.93. The van der Waals surface area contributed by atoms with Gasteiger partial charge in [0.2, 0.25) is 0 Å². The zero-order valence-electron chi connectivity index (χ0n) is 12.5. The van der Waals surface area contributed by atoms with Crippen LogP contribution in [0.2, 0.25) is 0 Å². The van der Waals surface area contributed by atoms with E-state index < -0.39 is 0 Å².